The molecule has 0 atom stereocenters. The molecule has 0 spiro atoms. The second kappa shape index (κ2) is 4.78. The molecule has 1 aromatic rings. The molecule has 0 bridgehead atoms. The topological polar surface area (TPSA) is 31.4 Å². The van der Waals surface area contributed by atoms with Gasteiger partial charge in [-0.3, -0.25) is 4.98 Å². The van der Waals surface area contributed by atoms with Gasteiger partial charge in [0.05, 0.1) is 19.2 Å². The summed E-state index contributed by atoms with van der Waals surface area (Å²) in [7, 11) is 1.23. The van der Waals surface area contributed by atoms with Crippen molar-refractivity contribution < 1.29 is 22.6 Å². The average molecular weight is 256 g/mol. The summed E-state index contributed by atoms with van der Waals surface area (Å²) in [6.45, 7) is 1.54. The summed E-state index contributed by atoms with van der Waals surface area (Å²) in [5, 5.41) is 0. The highest BCUT2D eigenvalue weighted by Crippen LogP contribution is 2.36. The Labute approximate surface area is 95.1 Å². The Balaban J connectivity index is 3.25. The Morgan fingerprint density at radius 3 is 2.50 bits per heavy atom. The van der Waals surface area contributed by atoms with Crippen molar-refractivity contribution in [3.05, 3.63) is 17.5 Å². The van der Waals surface area contributed by atoms with Crippen molar-refractivity contribution >= 4 is 11.6 Å². The van der Waals surface area contributed by atoms with Crippen LogP contribution in [0.4, 0.5) is 13.2 Å². The molecule has 1 aromatic heterocycles. The van der Waals surface area contributed by atoms with Crippen LogP contribution in [0.25, 0.3) is 0 Å². The summed E-state index contributed by atoms with van der Waals surface area (Å²) < 4.78 is 45.1. The first-order chi connectivity index (χ1) is 7.39. The Kier molecular flexibility index (Phi) is 3.85. The molecule has 0 aliphatic rings. The number of alkyl halides is 4. The van der Waals surface area contributed by atoms with E-state index < -0.39 is 12.1 Å². The van der Waals surface area contributed by atoms with Crippen LogP contribution in [-0.4, -0.2) is 18.5 Å². The normalized spacial score (nSPS) is 11.4. The number of hydrogen-bond acceptors (Lipinski definition) is 3. The molecule has 0 aliphatic heterocycles. The van der Waals surface area contributed by atoms with E-state index in [1.165, 1.54) is 7.11 Å². The van der Waals surface area contributed by atoms with Crippen molar-refractivity contribution in [1.82, 2.24) is 4.98 Å². The van der Waals surface area contributed by atoms with Gasteiger partial charge in [-0.25, -0.2) is 0 Å². The molecule has 7 heteroatoms. The Morgan fingerprint density at radius 2 is 2.06 bits per heavy atom. The van der Waals surface area contributed by atoms with Gasteiger partial charge < -0.3 is 9.47 Å². The van der Waals surface area contributed by atoms with Crippen LogP contribution in [0.3, 0.4) is 0 Å². The molecule has 0 unspecified atom stereocenters. The van der Waals surface area contributed by atoms with Crippen molar-refractivity contribution in [3.8, 4) is 11.5 Å². The maximum Gasteiger partial charge on any atom is 0.573 e. The second-order valence-corrected chi connectivity index (χ2v) is 3.17. The van der Waals surface area contributed by atoms with Crippen LogP contribution in [0.5, 0.6) is 11.5 Å². The molecule has 0 amide bonds. The molecular formula is C9H9ClF3NO2. The van der Waals surface area contributed by atoms with Crippen LogP contribution in [-0.2, 0) is 5.88 Å². The summed E-state index contributed by atoms with van der Waals surface area (Å²) in [6.07, 6.45) is -3.63. The predicted octanol–water partition coefficient (Wildman–Crippen LogP) is 3.04. The van der Waals surface area contributed by atoms with Gasteiger partial charge in [0, 0.05) is 11.3 Å². The minimum absolute atomic E-state index is 0.0985. The van der Waals surface area contributed by atoms with Gasteiger partial charge in [0.1, 0.15) is 0 Å². The van der Waals surface area contributed by atoms with Crippen molar-refractivity contribution in [2.75, 3.05) is 7.11 Å². The third-order valence-electron chi connectivity index (χ3n) is 1.88. The first kappa shape index (κ1) is 12.9. The Morgan fingerprint density at radius 1 is 1.44 bits per heavy atom. The lowest BCUT2D eigenvalue weighted by Crippen LogP contribution is -2.19. The van der Waals surface area contributed by atoms with Gasteiger partial charge >= 0.3 is 6.36 Å². The number of nitrogens with zero attached hydrogens (tertiary/aromatic N) is 1. The van der Waals surface area contributed by atoms with E-state index >= 15 is 0 Å². The summed E-state index contributed by atoms with van der Waals surface area (Å²) in [4.78, 5) is 3.85. The standard InChI is InChI=1S/C9H9ClF3NO2/c1-5-6(3-10)8(16-9(11,12)13)7(15-2)4-14-5/h4H,3H2,1-2H3. The predicted molar refractivity (Wildman–Crippen MR) is 51.8 cm³/mol. The molecule has 0 aromatic carbocycles. The highest BCUT2D eigenvalue weighted by Gasteiger charge is 2.34. The van der Waals surface area contributed by atoms with Crippen LogP contribution in [0.1, 0.15) is 11.3 Å². The fourth-order valence-corrected chi connectivity index (χ4v) is 1.45. The molecule has 1 heterocycles. The molecule has 1 rings (SSSR count). The zero-order valence-corrected chi connectivity index (χ0v) is 9.32. The maximum atomic E-state index is 12.2. The van der Waals surface area contributed by atoms with Crippen molar-refractivity contribution in [3.63, 3.8) is 0 Å². The van der Waals surface area contributed by atoms with E-state index in [4.69, 9.17) is 16.3 Å². The second-order valence-electron chi connectivity index (χ2n) is 2.90. The molecule has 0 saturated carbocycles. The first-order valence-electron chi connectivity index (χ1n) is 4.23. The minimum atomic E-state index is -4.79. The van der Waals surface area contributed by atoms with E-state index in [-0.39, 0.29) is 17.2 Å². The molecule has 0 fully saturated rings. The molecule has 3 nitrogen and oxygen atoms in total. The van der Waals surface area contributed by atoms with Gasteiger partial charge in [0.2, 0.25) is 0 Å². The number of methoxy groups -OCH3 is 1. The Bertz CT molecular complexity index is 382. The van der Waals surface area contributed by atoms with Crippen LogP contribution in [0, 0.1) is 6.92 Å². The van der Waals surface area contributed by atoms with E-state index in [0.29, 0.717) is 5.69 Å². The molecule has 16 heavy (non-hydrogen) atoms. The van der Waals surface area contributed by atoms with E-state index in [2.05, 4.69) is 9.72 Å². The van der Waals surface area contributed by atoms with E-state index in [0.717, 1.165) is 6.20 Å². The minimum Gasteiger partial charge on any atom is -0.491 e. The highest BCUT2D eigenvalue weighted by molar-refractivity contribution is 6.17. The number of pyridine rings is 1. The zero-order valence-electron chi connectivity index (χ0n) is 8.56. The Hall–Kier alpha value is -1.17. The first-order valence-corrected chi connectivity index (χ1v) is 4.76. The van der Waals surface area contributed by atoms with Gasteiger partial charge in [0.15, 0.2) is 11.5 Å². The van der Waals surface area contributed by atoms with Crippen LogP contribution in [0.15, 0.2) is 6.20 Å². The van der Waals surface area contributed by atoms with Crippen molar-refractivity contribution in [1.29, 1.82) is 0 Å². The molecule has 0 saturated heterocycles. The van der Waals surface area contributed by atoms with Gasteiger partial charge in [0.25, 0.3) is 0 Å². The average Bonchev–Trinajstić information content (AvgIpc) is 2.16. The maximum absolute atomic E-state index is 12.2. The van der Waals surface area contributed by atoms with E-state index in [1.54, 1.807) is 6.92 Å². The SMILES string of the molecule is COc1cnc(C)c(CCl)c1OC(F)(F)F. The monoisotopic (exact) mass is 255 g/mol. The zero-order chi connectivity index (χ0) is 12.3. The number of halogens is 4. The fourth-order valence-electron chi connectivity index (χ4n) is 1.14. The third kappa shape index (κ3) is 2.91. The summed E-state index contributed by atoms with van der Waals surface area (Å²) >= 11 is 5.55. The van der Waals surface area contributed by atoms with Crippen LogP contribution in [0.2, 0.25) is 0 Å². The quantitative estimate of drug-likeness (QED) is 0.778. The molecular weight excluding hydrogens is 247 g/mol. The largest absolute Gasteiger partial charge is 0.573 e. The molecule has 90 valence electrons. The number of aromatic nitrogens is 1. The smallest absolute Gasteiger partial charge is 0.491 e. The van der Waals surface area contributed by atoms with Crippen LogP contribution < -0.4 is 9.47 Å². The highest BCUT2D eigenvalue weighted by atomic mass is 35.5. The summed E-state index contributed by atoms with van der Waals surface area (Å²) in [5.74, 6) is -0.669. The summed E-state index contributed by atoms with van der Waals surface area (Å²) in [5.41, 5.74) is 0.536. The molecule has 0 N–H and O–H groups in total. The fraction of sp³-hybridized carbons (Fsp3) is 0.444. The third-order valence-corrected chi connectivity index (χ3v) is 2.15. The molecule has 0 radical (unpaired) electrons. The van der Waals surface area contributed by atoms with Gasteiger partial charge in [-0.1, -0.05) is 0 Å². The van der Waals surface area contributed by atoms with Gasteiger partial charge in [-0.2, -0.15) is 0 Å². The van der Waals surface area contributed by atoms with Crippen molar-refractivity contribution in [2.24, 2.45) is 0 Å². The lowest BCUT2D eigenvalue weighted by molar-refractivity contribution is -0.275. The summed E-state index contributed by atoms with van der Waals surface area (Å²) in [6, 6.07) is 0. The lowest BCUT2D eigenvalue weighted by atomic mass is 10.2. The number of ether oxygens (including phenoxy) is 2. The van der Waals surface area contributed by atoms with Gasteiger partial charge in [-0.05, 0) is 6.92 Å². The number of rotatable bonds is 3. The number of hydrogen-bond donors (Lipinski definition) is 0. The van der Waals surface area contributed by atoms with E-state index in [9.17, 15) is 13.2 Å². The lowest BCUT2D eigenvalue weighted by Gasteiger charge is -2.16. The molecule has 0 aliphatic carbocycles. The van der Waals surface area contributed by atoms with Gasteiger partial charge in [-0.15, -0.1) is 24.8 Å². The van der Waals surface area contributed by atoms with E-state index in [1.807, 2.05) is 0 Å². The van der Waals surface area contributed by atoms with Crippen molar-refractivity contribution in [2.45, 2.75) is 19.2 Å². The number of aryl methyl sites for hydroxylation is 1. The van der Waals surface area contributed by atoms with Crippen LogP contribution >= 0.6 is 11.6 Å².